The average Bonchev–Trinajstić information content (AvgIpc) is 3.81. The third-order valence-corrected chi connectivity index (χ3v) is 10.3. The van der Waals surface area contributed by atoms with Gasteiger partial charge in [0, 0.05) is 43.4 Å². The quantitative estimate of drug-likeness (QED) is 0.192. The molecule has 0 atom stereocenters. The zero-order valence-corrected chi connectivity index (χ0v) is 26.5. The van der Waals surface area contributed by atoms with Gasteiger partial charge in [-0.1, -0.05) is 109 Å². The highest BCUT2D eigenvalue weighted by molar-refractivity contribution is 6.13. The Kier molecular flexibility index (Phi) is 5.38. The van der Waals surface area contributed by atoms with E-state index in [9.17, 15) is 0 Å². The number of para-hydroxylation sites is 3. The van der Waals surface area contributed by atoms with Gasteiger partial charge in [-0.15, -0.1) is 0 Å². The van der Waals surface area contributed by atoms with Crippen molar-refractivity contribution in [3.63, 3.8) is 0 Å². The minimum Gasteiger partial charge on any atom is -0.456 e. The molecular formula is C46H28N2O. The molecule has 0 saturated carbocycles. The molecule has 11 aromatic rings. The summed E-state index contributed by atoms with van der Waals surface area (Å²) in [5.41, 5.74) is 11.3. The maximum Gasteiger partial charge on any atom is 0.135 e. The van der Waals surface area contributed by atoms with Crippen LogP contribution in [0, 0.1) is 0 Å². The van der Waals surface area contributed by atoms with Gasteiger partial charge in [-0.25, -0.2) is 0 Å². The van der Waals surface area contributed by atoms with E-state index in [1.807, 2.05) is 12.1 Å². The van der Waals surface area contributed by atoms with E-state index in [4.69, 9.17) is 4.42 Å². The Labute approximate surface area is 281 Å². The Bertz CT molecular complexity index is 3110. The Morgan fingerprint density at radius 3 is 1.82 bits per heavy atom. The molecule has 49 heavy (non-hydrogen) atoms. The molecule has 0 unspecified atom stereocenters. The molecule has 8 aromatic carbocycles. The summed E-state index contributed by atoms with van der Waals surface area (Å²) >= 11 is 0. The van der Waals surface area contributed by atoms with Gasteiger partial charge in [-0.3, -0.25) is 0 Å². The highest BCUT2D eigenvalue weighted by Crippen LogP contribution is 2.40. The van der Waals surface area contributed by atoms with Crippen molar-refractivity contribution in [1.29, 1.82) is 0 Å². The van der Waals surface area contributed by atoms with Crippen LogP contribution in [0.25, 0.3) is 98.8 Å². The number of furan rings is 1. The van der Waals surface area contributed by atoms with E-state index in [-0.39, 0.29) is 0 Å². The van der Waals surface area contributed by atoms with Crippen LogP contribution in [0.15, 0.2) is 174 Å². The molecule has 0 bridgehead atoms. The number of hydrogen-bond donors (Lipinski definition) is 0. The fourth-order valence-electron chi connectivity index (χ4n) is 8.10. The lowest BCUT2D eigenvalue weighted by Crippen LogP contribution is -1.95. The molecule has 3 heteroatoms. The second-order valence-electron chi connectivity index (χ2n) is 12.9. The fraction of sp³-hybridized carbons (Fsp3) is 0. The van der Waals surface area contributed by atoms with Crippen molar-refractivity contribution in [2.75, 3.05) is 0 Å². The van der Waals surface area contributed by atoms with Crippen molar-refractivity contribution in [2.24, 2.45) is 0 Å². The monoisotopic (exact) mass is 624 g/mol. The van der Waals surface area contributed by atoms with Crippen LogP contribution in [0.5, 0.6) is 0 Å². The maximum absolute atomic E-state index is 6.16. The third-order valence-electron chi connectivity index (χ3n) is 10.3. The minimum absolute atomic E-state index is 0.907. The lowest BCUT2D eigenvalue weighted by Gasteiger charge is -2.12. The van der Waals surface area contributed by atoms with Gasteiger partial charge in [0.05, 0.1) is 27.8 Å². The molecule has 0 N–H and O–H groups in total. The first-order valence-electron chi connectivity index (χ1n) is 16.8. The Balaban J connectivity index is 1.13. The highest BCUT2D eigenvalue weighted by atomic mass is 16.3. The van der Waals surface area contributed by atoms with E-state index >= 15 is 0 Å². The lowest BCUT2D eigenvalue weighted by atomic mass is 10.0. The summed E-state index contributed by atoms with van der Waals surface area (Å²) in [5, 5.41) is 9.74. The standard InChI is InChI=1S/C46H28N2O/c1-2-12-33-29(10-1)11-9-18-40(33)48-42-17-7-3-13-34(42)36-23-20-31(27-44(36)48)30-21-24-43-38(26-30)35-14-4-6-16-41(35)47(43)32-22-25-46-39(28-32)37-15-5-8-19-45(37)49-46/h1-28H. The van der Waals surface area contributed by atoms with E-state index in [0.29, 0.717) is 0 Å². The Morgan fingerprint density at radius 2 is 0.939 bits per heavy atom. The molecule has 3 nitrogen and oxygen atoms in total. The molecular weight excluding hydrogens is 597 g/mol. The molecule has 0 radical (unpaired) electrons. The van der Waals surface area contributed by atoms with Crippen LogP contribution in [-0.4, -0.2) is 9.13 Å². The first-order valence-corrected chi connectivity index (χ1v) is 16.8. The zero-order chi connectivity index (χ0) is 32.1. The van der Waals surface area contributed by atoms with Gasteiger partial charge in [-0.05, 0) is 77.2 Å². The summed E-state index contributed by atoms with van der Waals surface area (Å²) in [4.78, 5) is 0. The van der Waals surface area contributed by atoms with Gasteiger partial charge in [0.1, 0.15) is 11.2 Å². The Hall–Kier alpha value is -6.58. The van der Waals surface area contributed by atoms with Gasteiger partial charge in [-0.2, -0.15) is 0 Å². The minimum atomic E-state index is 0.907. The highest BCUT2D eigenvalue weighted by Gasteiger charge is 2.18. The van der Waals surface area contributed by atoms with E-state index in [1.165, 1.54) is 71.2 Å². The number of nitrogens with zero attached hydrogens (tertiary/aromatic N) is 2. The van der Waals surface area contributed by atoms with E-state index in [1.54, 1.807) is 0 Å². The SMILES string of the molecule is c1ccc2c(-n3c4ccccc4c4ccc(-c5ccc6c(c5)c5ccccc5n6-c5ccc6oc7ccccc7c6c5)cc43)cccc2c1. The van der Waals surface area contributed by atoms with E-state index in [2.05, 4.69) is 167 Å². The van der Waals surface area contributed by atoms with Crippen LogP contribution in [0.4, 0.5) is 0 Å². The van der Waals surface area contributed by atoms with Crippen molar-refractivity contribution in [3.05, 3.63) is 170 Å². The fourth-order valence-corrected chi connectivity index (χ4v) is 8.10. The lowest BCUT2D eigenvalue weighted by molar-refractivity contribution is 0.669. The molecule has 0 amide bonds. The van der Waals surface area contributed by atoms with Crippen LogP contribution < -0.4 is 0 Å². The molecule has 0 spiro atoms. The van der Waals surface area contributed by atoms with Crippen molar-refractivity contribution in [2.45, 2.75) is 0 Å². The number of hydrogen-bond acceptors (Lipinski definition) is 1. The van der Waals surface area contributed by atoms with Crippen molar-refractivity contribution in [1.82, 2.24) is 9.13 Å². The van der Waals surface area contributed by atoms with Gasteiger partial charge < -0.3 is 13.6 Å². The van der Waals surface area contributed by atoms with Crippen molar-refractivity contribution < 1.29 is 4.42 Å². The summed E-state index contributed by atoms with van der Waals surface area (Å²) in [6, 6.07) is 61.4. The third kappa shape index (κ3) is 3.78. The molecule has 0 aliphatic heterocycles. The predicted octanol–water partition coefficient (Wildman–Crippen LogP) is 12.6. The molecule has 3 aromatic heterocycles. The van der Waals surface area contributed by atoms with Crippen LogP contribution in [0.3, 0.4) is 0 Å². The molecule has 11 rings (SSSR count). The molecule has 228 valence electrons. The summed E-state index contributed by atoms with van der Waals surface area (Å²) in [6.45, 7) is 0. The van der Waals surface area contributed by atoms with Crippen molar-refractivity contribution >= 4 is 76.3 Å². The maximum atomic E-state index is 6.16. The summed E-state index contributed by atoms with van der Waals surface area (Å²) < 4.78 is 11.0. The summed E-state index contributed by atoms with van der Waals surface area (Å²) in [7, 11) is 0. The van der Waals surface area contributed by atoms with Crippen molar-refractivity contribution in [3.8, 4) is 22.5 Å². The molecule has 0 saturated heterocycles. The summed E-state index contributed by atoms with van der Waals surface area (Å²) in [6.07, 6.45) is 0. The number of aromatic nitrogens is 2. The first-order chi connectivity index (χ1) is 24.3. The van der Waals surface area contributed by atoms with E-state index < -0.39 is 0 Å². The molecule has 3 heterocycles. The van der Waals surface area contributed by atoms with Crippen LogP contribution in [0.1, 0.15) is 0 Å². The largest absolute Gasteiger partial charge is 0.456 e. The zero-order valence-electron chi connectivity index (χ0n) is 26.5. The Morgan fingerprint density at radius 1 is 0.327 bits per heavy atom. The van der Waals surface area contributed by atoms with Crippen LogP contribution in [0.2, 0.25) is 0 Å². The average molecular weight is 625 g/mol. The van der Waals surface area contributed by atoms with Gasteiger partial charge in [0.25, 0.3) is 0 Å². The predicted molar refractivity (Wildman–Crippen MR) is 205 cm³/mol. The summed E-state index contributed by atoms with van der Waals surface area (Å²) in [5.74, 6) is 0. The molecule has 0 aliphatic rings. The second-order valence-corrected chi connectivity index (χ2v) is 12.9. The smallest absolute Gasteiger partial charge is 0.135 e. The van der Waals surface area contributed by atoms with E-state index in [0.717, 1.165) is 27.6 Å². The topological polar surface area (TPSA) is 23.0 Å². The molecule has 0 fully saturated rings. The van der Waals surface area contributed by atoms with Gasteiger partial charge >= 0.3 is 0 Å². The first kappa shape index (κ1) is 26.5. The van der Waals surface area contributed by atoms with Crippen LogP contribution >= 0.6 is 0 Å². The number of rotatable bonds is 3. The number of fused-ring (bicyclic) bond motifs is 10. The van der Waals surface area contributed by atoms with Gasteiger partial charge in [0.15, 0.2) is 0 Å². The second kappa shape index (κ2) is 9.96. The normalized spacial score (nSPS) is 12.1. The molecule has 0 aliphatic carbocycles. The number of benzene rings is 8. The van der Waals surface area contributed by atoms with Crippen LogP contribution in [-0.2, 0) is 0 Å². The van der Waals surface area contributed by atoms with Gasteiger partial charge in [0.2, 0.25) is 0 Å².